The van der Waals surface area contributed by atoms with E-state index in [0.717, 1.165) is 0 Å². The number of rotatable bonds is 6. The molecule has 2 heterocycles. The largest absolute Gasteiger partial charge is 0.431 e. The highest BCUT2D eigenvalue weighted by atomic mass is 28.4. The van der Waals surface area contributed by atoms with Gasteiger partial charge >= 0.3 is 0 Å². The molecule has 3 aromatic rings. The maximum Gasteiger partial charge on any atom is 0.298 e. The normalized spacial score (nSPS) is 15.1. The average Bonchev–Trinajstić information content (AvgIpc) is 3.18. The second-order valence-electron chi connectivity index (χ2n) is 8.69. The summed E-state index contributed by atoms with van der Waals surface area (Å²) in [5.74, 6) is -0.592. The molecule has 1 aromatic heterocycles. The fourth-order valence-corrected chi connectivity index (χ4v) is 8.80. The predicted octanol–water partition coefficient (Wildman–Crippen LogP) is 2.54. The quantitative estimate of drug-likeness (QED) is 0.619. The van der Waals surface area contributed by atoms with Gasteiger partial charge in [0.1, 0.15) is 6.26 Å². The van der Waals surface area contributed by atoms with Crippen LogP contribution in [0.25, 0.3) is 0 Å². The highest BCUT2D eigenvalue weighted by Crippen LogP contribution is 2.38. The SMILES string of the molecule is CC(C)(C)[Si](OC1CN(c2nc(C(N)=O)co2)C1)(c1ccccc1)c1ccccc1. The molecule has 2 aromatic carbocycles. The van der Waals surface area contributed by atoms with E-state index >= 15 is 0 Å². The molecule has 7 heteroatoms. The Balaban J connectivity index is 1.64. The van der Waals surface area contributed by atoms with Gasteiger partial charge in [0.25, 0.3) is 20.2 Å². The van der Waals surface area contributed by atoms with Crippen molar-refractivity contribution in [3.63, 3.8) is 0 Å². The molecule has 0 bridgehead atoms. The molecule has 1 aliphatic heterocycles. The maximum absolute atomic E-state index is 11.3. The Bertz CT molecular complexity index is 969. The summed E-state index contributed by atoms with van der Waals surface area (Å²) in [6.07, 6.45) is 1.34. The molecule has 1 fully saturated rings. The van der Waals surface area contributed by atoms with Crippen molar-refractivity contribution >= 4 is 30.6 Å². The van der Waals surface area contributed by atoms with Crippen LogP contribution in [0.3, 0.4) is 0 Å². The van der Waals surface area contributed by atoms with E-state index in [1.165, 1.54) is 16.6 Å². The van der Waals surface area contributed by atoms with Crippen molar-refractivity contribution in [3.8, 4) is 0 Å². The summed E-state index contributed by atoms with van der Waals surface area (Å²) in [7, 11) is -2.58. The second-order valence-corrected chi connectivity index (χ2v) is 12.9. The first-order chi connectivity index (χ1) is 14.3. The Morgan fingerprint density at radius 1 is 1.07 bits per heavy atom. The van der Waals surface area contributed by atoms with Gasteiger partial charge in [-0.05, 0) is 15.4 Å². The predicted molar refractivity (Wildman–Crippen MR) is 120 cm³/mol. The van der Waals surface area contributed by atoms with Gasteiger partial charge in [-0.3, -0.25) is 4.79 Å². The van der Waals surface area contributed by atoms with Gasteiger partial charge in [-0.25, -0.2) is 0 Å². The fraction of sp³-hybridized carbons (Fsp3) is 0.304. The molecule has 1 aliphatic rings. The van der Waals surface area contributed by atoms with Crippen LogP contribution >= 0.6 is 0 Å². The minimum Gasteiger partial charge on any atom is -0.431 e. The number of hydrogen-bond acceptors (Lipinski definition) is 5. The Labute approximate surface area is 177 Å². The zero-order valence-corrected chi connectivity index (χ0v) is 18.5. The molecule has 0 spiro atoms. The van der Waals surface area contributed by atoms with E-state index in [-0.39, 0.29) is 16.8 Å². The van der Waals surface area contributed by atoms with E-state index < -0.39 is 14.2 Å². The van der Waals surface area contributed by atoms with Gasteiger partial charge in [-0.2, -0.15) is 4.98 Å². The lowest BCUT2D eigenvalue weighted by Crippen LogP contribution is -2.70. The van der Waals surface area contributed by atoms with Crippen molar-refractivity contribution in [2.75, 3.05) is 18.0 Å². The van der Waals surface area contributed by atoms with E-state index in [9.17, 15) is 4.79 Å². The smallest absolute Gasteiger partial charge is 0.298 e. The van der Waals surface area contributed by atoms with Gasteiger partial charge in [-0.1, -0.05) is 81.4 Å². The molecule has 4 rings (SSSR count). The fourth-order valence-electron chi connectivity index (χ4n) is 4.13. The molecular weight excluding hydrogens is 394 g/mol. The number of carbonyl (C=O) groups is 1. The van der Waals surface area contributed by atoms with Gasteiger partial charge in [0.2, 0.25) is 0 Å². The van der Waals surface area contributed by atoms with Crippen LogP contribution < -0.4 is 21.0 Å². The van der Waals surface area contributed by atoms with E-state index in [2.05, 4.69) is 74.3 Å². The third-order valence-corrected chi connectivity index (χ3v) is 10.7. The molecule has 1 saturated heterocycles. The van der Waals surface area contributed by atoms with Crippen LogP contribution in [0, 0.1) is 0 Å². The molecule has 2 N–H and O–H groups in total. The lowest BCUT2D eigenvalue weighted by atomic mass is 10.2. The van der Waals surface area contributed by atoms with E-state index in [1.54, 1.807) is 0 Å². The summed E-state index contributed by atoms with van der Waals surface area (Å²) in [4.78, 5) is 17.4. The third-order valence-electron chi connectivity index (χ3n) is 5.62. The monoisotopic (exact) mass is 421 g/mol. The number of anilines is 1. The Morgan fingerprint density at radius 3 is 2.03 bits per heavy atom. The van der Waals surface area contributed by atoms with Crippen LogP contribution in [0.4, 0.5) is 6.01 Å². The molecule has 0 unspecified atom stereocenters. The Morgan fingerprint density at radius 2 is 1.60 bits per heavy atom. The van der Waals surface area contributed by atoms with Gasteiger partial charge in [0, 0.05) is 13.1 Å². The lowest BCUT2D eigenvalue weighted by molar-refractivity contribution is 0.0995. The summed E-state index contributed by atoms with van der Waals surface area (Å²) in [5, 5.41) is 2.45. The number of oxazole rings is 1. The molecule has 0 radical (unpaired) electrons. The Hall–Kier alpha value is -2.90. The summed E-state index contributed by atoms with van der Waals surface area (Å²) >= 11 is 0. The molecule has 0 saturated carbocycles. The van der Waals surface area contributed by atoms with E-state index in [1.807, 2.05) is 17.0 Å². The van der Waals surface area contributed by atoms with Crippen molar-refractivity contribution in [1.82, 2.24) is 4.98 Å². The van der Waals surface area contributed by atoms with Crippen LogP contribution in [0.5, 0.6) is 0 Å². The van der Waals surface area contributed by atoms with Crippen LogP contribution in [-0.2, 0) is 4.43 Å². The molecular formula is C23H27N3O3Si. The maximum atomic E-state index is 11.3. The zero-order valence-electron chi connectivity index (χ0n) is 17.5. The van der Waals surface area contributed by atoms with Crippen LogP contribution in [-0.4, -0.2) is 38.4 Å². The van der Waals surface area contributed by atoms with Crippen molar-refractivity contribution in [2.45, 2.75) is 31.9 Å². The first kappa shape index (κ1) is 20.4. The molecule has 1 amide bonds. The molecule has 0 atom stereocenters. The number of hydrogen-bond donors (Lipinski definition) is 1. The van der Waals surface area contributed by atoms with Crippen LogP contribution in [0.2, 0.25) is 5.04 Å². The Kier molecular flexibility index (Phi) is 5.25. The van der Waals surface area contributed by atoms with E-state index in [4.69, 9.17) is 14.6 Å². The topological polar surface area (TPSA) is 81.6 Å². The van der Waals surface area contributed by atoms with Crippen molar-refractivity contribution in [2.24, 2.45) is 5.73 Å². The van der Waals surface area contributed by atoms with Gasteiger partial charge in [0.05, 0.1) is 6.10 Å². The summed E-state index contributed by atoms with van der Waals surface area (Å²) in [6, 6.07) is 21.6. The number of carbonyl (C=O) groups excluding carboxylic acids is 1. The number of amides is 1. The number of nitrogens with two attached hydrogens (primary N) is 1. The highest BCUT2D eigenvalue weighted by Gasteiger charge is 2.52. The molecule has 156 valence electrons. The molecule has 0 aliphatic carbocycles. The first-order valence-electron chi connectivity index (χ1n) is 10.1. The highest BCUT2D eigenvalue weighted by molar-refractivity contribution is 6.99. The minimum atomic E-state index is -2.58. The number of benzene rings is 2. The first-order valence-corrected chi connectivity index (χ1v) is 12.0. The zero-order chi connectivity index (χ0) is 21.4. The summed E-state index contributed by atoms with van der Waals surface area (Å²) in [6.45, 7) is 8.11. The molecule has 30 heavy (non-hydrogen) atoms. The molecule has 6 nitrogen and oxygen atoms in total. The standard InChI is InChI=1S/C23H27N3O3Si/c1-23(2,3)30(18-10-6-4-7-11-18,19-12-8-5-9-13-19)29-17-14-26(15-17)22-25-20(16-28-22)21(24)27/h4-13,16-17H,14-15H2,1-3H3,(H2,24,27). The van der Waals surface area contributed by atoms with Crippen molar-refractivity contribution < 1.29 is 13.6 Å². The second kappa shape index (κ2) is 7.74. The average molecular weight is 422 g/mol. The van der Waals surface area contributed by atoms with Gasteiger partial charge in [0.15, 0.2) is 5.69 Å². The lowest BCUT2D eigenvalue weighted by Gasteiger charge is -2.49. The van der Waals surface area contributed by atoms with Crippen molar-refractivity contribution in [1.29, 1.82) is 0 Å². The van der Waals surface area contributed by atoms with Gasteiger partial charge < -0.3 is 19.5 Å². The number of aromatic nitrogens is 1. The van der Waals surface area contributed by atoms with E-state index in [0.29, 0.717) is 19.1 Å². The van der Waals surface area contributed by atoms with Crippen LogP contribution in [0.1, 0.15) is 31.3 Å². The van der Waals surface area contributed by atoms with Gasteiger partial charge in [-0.15, -0.1) is 0 Å². The summed E-state index contributed by atoms with van der Waals surface area (Å²) < 4.78 is 12.5. The number of nitrogens with zero attached hydrogens (tertiary/aromatic N) is 2. The summed E-state index contributed by atoms with van der Waals surface area (Å²) in [5.41, 5.74) is 5.41. The minimum absolute atomic E-state index is 0.0419. The van der Waals surface area contributed by atoms with Crippen molar-refractivity contribution in [3.05, 3.63) is 72.6 Å². The van der Waals surface area contributed by atoms with Crippen LogP contribution in [0.15, 0.2) is 71.3 Å². The number of primary amides is 1. The third kappa shape index (κ3) is 3.55.